The topological polar surface area (TPSA) is 54.9 Å². The molecule has 1 amide bonds. The summed E-state index contributed by atoms with van der Waals surface area (Å²) in [4.78, 5) is 22.2. The van der Waals surface area contributed by atoms with Crippen molar-refractivity contribution in [1.29, 1.82) is 0 Å². The van der Waals surface area contributed by atoms with E-state index in [1.165, 1.54) is 12.8 Å². The van der Waals surface area contributed by atoms with E-state index in [0.717, 1.165) is 36.2 Å². The monoisotopic (exact) mass is 335 g/mol. The third-order valence-electron chi connectivity index (χ3n) is 6.03. The van der Waals surface area contributed by atoms with Gasteiger partial charge in [-0.3, -0.25) is 4.79 Å². The normalized spacial score (nSPS) is 23.6. The molecule has 4 nitrogen and oxygen atoms in total. The maximum Gasteiger partial charge on any atom is 0.231 e. The van der Waals surface area contributed by atoms with Gasteiger partial charge in [-0.2, -0.15) is 0 Å². The quantitative estimate of drug-likeness (QED) is 0.928. The highest BCUT2D eigenvalue weighted by Gasteiger charge is 2.72. The minimum absolute atomic E-state index is 0.142. The van der Waals surface area contributed by atoms with Crippen molar-refractivity contribution in [2.24, 2.45) is 5.41 Å². The number of hydrogen-bond donors (Lipinski definition) is 1. The summed E-state index contributed by atoms with van der Waals surface area (Å²) < 4.78 is 0. The zero-order valence-corrected chi connectivity index (χ0v) is 15.0. The predicted octanol–water partition coefficient (Wildman–Crippen LogP) is 3.61. The van der Waals surface area contributed by atoms with Gasteiger partial charge < -0.3 is 5.32 Å². The van der Waals surface area contributed by atoms with E-state index < -0.39 is 0 Å². The highest BCUT2D eigenvalue weighted by atomic mass is 16.2. The number of aryl methyl sites for hydroxylation is 2. The largest absolute Gasteiger partial charge is 0.348 e. The number of nitrogens with one attached hydrogen (secondary N) is 1. The molecule has 2 aromatic rings. The van der Waals surface area contributed by atoms with Crippen molar-refractivity contribution in [3.05, 3.63) is 59.2 Å². The molecule has 1 aromatic carbocycles. The molecule has 2 saturated carbocycles. The van der Waals surface area contributed by atoms with E-state index in [4.69, 9.17) is 0 Å². The van der Waals surface area contributed by atoms with Crippen LogP contribution in [0.1, 0.15) is 54.9 Å². The van der Waals surface area contributed by atoms with E-state index in [0.29, 0.717) is 12.4 Å². The van der Waals surface area contributed by atoms with Gasteiger partial charge in [0, 0.05) is 11.4 Å². The fourth-order valence-corrected chi connectivity index (χ4v) is 4.89. The number of rotatable bonds is 4. The van der Waals surface area contributed by atoms with Crippen molar-refractivity contribution in [1.82, 2.24) is 15.3 Å². The van der Waals surface area contributed by atoms with Gasteiger partial charge in [0.1, 0.15) is 5.82 Å². The Kier molecular flexibility index (Phi) is 3.86. The standard InChI is InChI=1S/C21H25N3O/c1-15-12-16(2)24-18(23-15)13-22-19(25)21(17-8-4-3-5-9-17)14-20(21)10-6-7-11-20/h3-5,8-9,12H,6-7,10-11,13-14H2,1-2H3,(H,22,25)/t21-/m1/s1. The minimum atomic E-state index is -0.358. The van der Waals surface area contributed by atoms with Crippen LogP contribution in [0, 0.1) is 19.3 Å². The zero-order valence-electron chi connectivity index (χ0n) is 15.0. The number of amides is 1. The lowest BCUT2D eigenvalue weighted by atomic mass is 9.84. The summed E-state index contributed by atoms with van der Waals surface area (Å²) in [6.07, 6.45) is 5.78. The molecule has 1 N–H and O–H groups in total. The summed E-state index contributed by atoms with van der Waals surface area (Å²) in [7, 11) is 0. The van der Waals surface area contributed by atoms with Crippen LogP contribution in [-0.4, -0.2) is 15.9 Å². The molecule has 4 heteroatoms. The molecule has 1 spiro atoms. The van der Waals surface area contributed by atoms with Crippen LogP contribution < -0.4 is 5.32 Å². The van der Waals surface area contributed by atoms with Gasteiger partial charge in [0.15, 0.2) is 0 Å². The summed E-state index contributed by atoms with van der Waals surface area (Å²) >= 11 is 0. The number of aromatic nitrogens is 2. The Balaban J connectivity index is 1.58. The third kappa shape index (κ3) is 2.64. The van der Waals surface area contributed by atoms with E-state index in [-0.39, 0.29) is 16.7 Å². The van der Waals surface area contributed by atoms with Crippen LogP contribution in [0.15, 0.2) is 36.4 Å². The Labute approximate surface area is 149 Å². The van der Waals surface area contributed by atoms with E-state index in [1.54, 1.807) is 0 Å². The first kappa shape index (κ1) is 16.2. The average molecular weight is 335 g/mol. The van der Waals surface area contributed by atoms with Gasteiger partial charge in [-0.1, -0.05) is 43.2 Å². The lowest BCUT2D eigenvalue weighted by Crippen LogP contribution is -2.38. The molecule has 0 aliphatic heterocycles. The molecule has 2 aliphatic rings. The molecule has 0 radical (unpaired) electrons. The molecule has 0 bridgehead atoms. The number of benzene rings is 1. The van der Waals surface area contributed by atoms with Gasteiger partial charge in [-0.25, -0.2) is 9.97 Å². The summed E-state index contributed by atoms with van der Waals surface area (Å²) in [6.45, 7) is 4.31. The Bertz CT molecular complexity index is 776. The van der Waals surface area contributed by atoms with Crippen LogP contribution in [-0.2, 0) is 16.8 Å². The van der Waals surface area contributed by atoms with Gasteiger partial charge in [0.05, 0.1) is 12.0 Å². The van der Waals surface area contributed by atoms with Crippen molar-refractivity contribution >= 4 is 5.91 Å². The van der Waals surface area contributed by atoms with Gasteiger partial charge in [-0.05, 0) is 50.2 Å². The summed E-state index contributed by atoms with van der Waals surface area (Å²) in [6, 6.07) is 12.3. The number of nitrogens with zero attached hydrogens (tertiary/aromatic N) is 2. The predicted molar refractivity (Wildman–Crippen MR) is 97.0 cm³/mol. The SMILES string of the molecule is Cc1cc(C)nc(CNC(=O)[C@]2(c3ccccc3)CC23CCCC3)n1. The molecular weight excluding hydrogens is 310 g/mol. The molecule has 25 heavy (non-hydrogen) atoms. The molecule has 2 fully saturated rings. The van der Waals surface area contributed by atoms with Crippen molar-refractivity contribution in [3.8, 4) is 0 Å². The van der Waals surface area contributed by atoms with Gasteiger partial charge in [-0.15, -0.1) is 0 Å². The van der Waals surface area contributed by atoms with Crippen LogP contribution in [0.2, 0.25) is 0 Å². The van der Waals surface area contributed by atoms with Crippen LogP contribution in [0.4, 0.5) is 0 Å². The fourth-order valence-electron chi connectivity index (χ4n) is 4.89. The first-order valence-corrected chi connectivity index (χ1v) is 9.21. The molecule has 130 valence electrons. The highest BCUT2D eigenvalue weighted by Crippen LogP contribution is 2.72. The third-order valence-corrected chi connectivity index (χ3v) is 6.03. The second-order valence-corrected chi connectivity index (χ2v) is 7.69. The van der Waals surface area contributed by atoms with E-state index in [1.807, 2.05) is 38.1 Å². The average Bonchev–Trinajstić information content (AvgIpc) is 3.00. The lowest BCUT2D eigenvalue weighted by Gasteiger charge is -2.22. The van der Waals surface area contributed by atoms with Crippen molar-refractivity contribution < 1.29 is 4.79 Å². The second kappa shape index (κ2) is 5.94. The van der Waals surface area contributed by atoms with Crippen molar-refractivity contribution in [2.75, 3.05) is 0 Å². The first-order chi connectivity index (χ1) is 12.1. The van der Waals surface area contributed by atoms with Crippen LogP contribution in [0.5, 0.6) is 0 Å². The number of carbonyl (C=O) groups excluding carboxylic acids is 1. The fraction of sp³-hybridized carbons (Fsp3) is 0.476. The van der Waals surface area contributed by atoms with E-state index in [9.17, 15) is 4.79 Å². The Hall–Kier alpha value is -2.23. The van der Waals surface area contributed by atoms with Crippen molar-refractivity contribution in [3.63, 3.8) is 0 Å². The van der Waals surface area contributed by atoms with Crippen LogP contribution in [0.3, 0.4) is 0 Å². The summed E-state index contributed by atoms with van der Waals surface area (Å²) in [5, 5.41) is 3.14. The van der Waals surface area contributed by atoms with Crippen molar-refractivity contribution in [2.45, 2.75) is 57.9 Å². The second-order valence-electron chi connectivity index (χ2n) is 7.69. The molecule has 1 aromatic heterocycles. The van der Waals surface area contributed by atoms with Gasteiger partial charge in [0.25, 0.3) is 0 Å². The Morgan fingerprint density at radius 3 is 2.36 bits per heavy atom. The first-order valence-electron chi connectivity index (χ1n) is 9.21. The molecule has 1 heterocycles. The Morgan fingerprint density at radius 2 is 1.72 bits per heavy atom. The van der Waals surface area contributed by atoms with Gasteiger partial charge in [0.2, 0.25) is 5.91 Å². The summed E-state index contributed by atoms with van der Waals surface area (Å²) in [5.41, 5.74) is 2.85. The van der Waals surface area contributed by atoms with Crippen LogP contribution in [0.25, 0.3) is 0 Å². The minimum Gasteiger partial charge on any atom is -0.348 e. The Morgan fingerprint density at radius 1 is 1.08 bits per heavy atom. The zero-order chi connectivity index (χ0) is 17.5. The summed E-state index contributed by atoms with van der Waals surface area (Å²) in [5.74, 6) is 0.832. The number of carbonyl (C=O) groups is 1. The molecule has 2 aliphatic carbocycles. The molecule has 0 unspecified atom stereocenters. The number of hydrogen-bond acceptors (Lipinski definition) is 3. The molecule has 1 atom stereocenters. The van der Waals surface area contributed by atoms with Crippen LogP contribution >= 0.6 is 0 Å². The molecule has 4 rings (SSSR count). The highest BCUT2D eigenvalue weighted by molar-refractivity contribution is 5.93. The smallest absolute Gasteiger partial charge is 0.231 e. The lowest BCUT2D eigenvalue weighted by molar-refractivity contribution is -0.124. The molecular formula is C21H25N3O. The molecule has 0 saturated heterocycles. The maximum atomic E-state index is 13.3. The van der Waals surface area contributed by atoms with E-state index in [2.05, 4.69) is 27.4 Å². The van der Waals surface area contributed by atoms with Gasteiger partial charge >= 0.3 is 0 Å². The van der Waals surface area contributed by atoms with E-state index >= 15 is 0 Å². The maximum absolute atomic E-state index is 13.3.